The van der Waals surface area contributed by atoms with E-state index in [1.165, 1.54) is 12.8 Å². The van der Waals surface area contributed by atoms with Gasteiger partial charge < -0.3 is 4.90 Å². The van der Waals surface area contributed by atoms with E-state index in [9.17, 15) is 9.59 Å². The Balaban J connectivity index is 1.98. The number of hydrogen-bond acceptors (Lipinski definition) is 3. The molecule has 3 rings (SSSR count). The van der Waals surface area contributed by atoms with Gasteiger partial charge in [-0.1, -0.05) is 57.0 Å². The summed E-state index contributed by atoms with van der Waals surface area (Å²) in [6.07, 6.45) is 3.54. The topological polar surface area (TPSA) is 37.4 Å². The molecule has 3 nitrogen and oxygen atoms in total. The van der Waals surface area contributed by atoms with Crippen LogP contribution in [0.5, 0.6) is 0 Å². The van der Waals surface area contributed by atoms with Gasteiger partial charge in [-0.25, -0.2) is 0 Å². The Morgan fingerprint density at radius 2 is 1.68 bits per heavy atom. The number of hydrogen-bond donors (Lipinski definition) is 0. The fourth-order valence-corrected chi connectivity index (χ4v) is 3.85. The summed E-state index contributed by atoms with van der Waals surface area (Å²) < 4.78 is 0. The van der Waals surface area contributed by atoms with Crippen molar-refractivity contribution in [3.05, 3.63) is 50.8 Å². The molecule has 1 saturated carbocycles. The van der Waals surface area contributed by atoms with Crippen LogP contribution in [0.3, 0.4) is 0 Å². The first-order valence-corrected chi connectivity index (χ1v) is 8.14. The molecule has 0 aromatic heterocycles. The predicted octanol–water partition coefficient (Wildman–Crippen LogP) is 3.21. The summed E-state index contributed by atoms with van der Waals surface area (Å²) in [4.78, 5) is 26.3. The molecule has 2 aromatic carbocycles. The second kappa shape index (κ2) is 5.71. The van der Waals surface area contributed by atoms with Crippen LogP contribution in [0.25, 0.3) is 11.1 Å². The zero-order valence-electron chi connectivity index (χ0n) is 13.5. The minimum atomic E-state index is -0.343. The second-order valence-electron chi connectivity index (χ2n) is 6.69. The van der Waals surface area contributed by atoms with Crippen LogP contribution in [-0.4, -0.2) is 13.1 Å². The second-order valence-corrected chi connectivity index (χ2v) is 6.69. The molecule has 0 saturated heterocycles. The minimum Gasteiger partial charge on any atom is -0.367 e. The van der Waals surface area contributed by atoms with Crippen LogP contribution >= 0.6 is 0 Å². The van der Waals surface area contributed by atoms with Crippen molar-refractivity contribution in [2.75, 3.05) is 11.9 Å². The highest BCUT2D eigenvalue weighted by Gasteiger charge is 2.34. The third-order valence-electron chi connectivity index (χ3n) is 5.46. The third kappa shape index (κ3) is 2.29. The summed E-state index contributed by atoms with van der Waals surface area (Å²) in [6.45, 7) is 4.55. The third-order valence-corrected chi connectivity index (χ3v) is 5.46. The quantitative estimate of drug-likeness (QED) is 0.816. The van der Waals surface area contributed by atoms with E-state index in [2.05, 4.69) is 18.7 Å². The lowest BCUT2D eigenvalue weighted by Crippen LogP contribution is -2.48. The summed E-state index contributed by atoms with van der Waals surface area (Å²) in [5.74, 6) is 1.19. The van der Waals surface area contributed by atoms with Crippen LogP contribution in [0.4, 0.5) is 5.69 Å². The lowest BCUT2D eigenvalue weighted by atomic mass is 9.77. The van der Waals surface area contributed by atoms with Gasteiger partial charge in [0.2, 0.25) is 10.9 Å². The fourth-order valence-electron chi connectivity index (χ4n) is 3.85. The zero-order chi connectivity index (χ0) is 15.9. The number of rotatable bonds is 3. The number of anilines is 1. The molecule has 0 aliphatic heterocycles. The Bertz CT molecular complexity index is 728. The highest BCUT2D eigenvalue weighted by Crippen LogP contribution is 2.36. The molecule has 0 heterocycles. The molecule has 116 valence electrons. The zero-order valence-corrected chi connectivity index (χ0v) is 13.5. The first kappa shape index (κ1) is 15.0. The van der Waals surface area contributed by atoms with Crippen molar-refractivity contribution >= 4 is 5.69 Å². The molecule has 0 bridgehead atoms. The molecule has 1 fully saturated rings. The van der Waals surface area contributed by atoms with E-state index < -0.39 is 0 Å². The first-order chi connectivity index (χ1) is 10.5. The van der Waals surface area contributed by atoms with Crippen LogP contribution in [0.2, 0.25) is 0 Å². The smallest absolute Gasteiger partial charge is 0.250 e. The average molecular weight is 297 g/mol. The lowest BCUT2D eigenvalue weighted by Gasteiger charge is -2.41. The van der Waals surface area contributed by atoms with E-state index in [4.69, 9.17) is 0 Å². The molecule has 22 heavy (non-hydrogen) atoms. The van der Waals surface area contributed by atoms with Crippen molar-refractivity contribution < 1.29 is 0 Å². The predicted molar refractivity (Wildman–Crippen MR) is 91.2 cm³/mol. The Morgan fingerprint density at radius 3 is 2.36 bits per heavy atom. The number of nitrogens with zero attached hydrogens (tertiary/aromatic N) is 1. The Hall–Kier alpha value is -1.90. The Labute approximate surface area is 131 Å². The van der Waals surface area contributed by atoms with Gasteiger partial charge in [0.05, 0.1) is 5.56 Å². The maximum absolute atomic E-state index is 12.2. The molecular weight excluding hydrogens is 274 g/mol. The monoisotopic (exact) mass is 297 g/mol. The van der Waals surface area contributed by atoms with E-state index in [-0.39, 0.29) is 10.9 Å². The molecule has 0 unspecified atom stereocenters. The van der Waals surface area contributed by atoms with Gasteiger partial charge in [0.15, 0.2) is 0 Å². The van der Waals surface area contributed by atoms with Crippen LogP contribution < -0.4 is 15.8 Å². The largest absolute Gasteiger partial charge is 0.367 e. The summed E-state index contributed by atoms with van der Waals surface area (Å²) in [5, 5.41) is 0. The Kier molecular flexibility index (Phi) is 3.90. The van der Waals surface area contributed by atoms with Gasteiger partial charge in [-0.15, -0.1) is 0 Å². The highest BCUT2D eigenvalue weighted by molar-refractivity contribution is 5.82. The molecule has 3 atom stereocenters. The van der Waals surface area contributed by atoms with Gasteiger partial charge in [-0.3, -0.25) is 9.59 Å². The van der Waals surface area contributed by atoms with E-state index in [1.54, 1.807) is 0 Å². The molecule has 0 N–H and O–H groups in total. The standard InChI is InChI=1S/C19H23NO2/c1-12-8-7-11-15(13(12)2)20(3)17-16(18(21)19(17)22)14-9-5-4-6-10-14/h4-6,9-10,12-13,15H,7-8,11H2,1-3H3/t12-,13-,15+/m1/s1. The van der Waals surface area contributed by atoms with Gasteiger partial charge >= 0.3 is 0 Å². The van der Waals surface area contributed by atoms with Crippen molar-refractivity contribution in [3.8, 4) is 11.1 Å². The van der Waals surface area contributed by atoms with E-state index in [0.717, 1.165) is 12.0 Å². The summed E-state index contributed by atoms with van der Waals surface area (Å²) in [5.41, 5.74) is 1.39. The minimum absolute atomic E-state index is 0.327. The summed E-state index contributed by atoms with van der Waals surface area (Å²) >= 11 is 0. The highest BCUT2D eigenvalue weighted by atomic mass is 16.2. The molecule has 0 radical (unpaired) electrons. The van der Waals surface area contributed by atoms with E-state index >= 15 is 0 Å². The fraction of sp³-hybridized carbons (Fsp3) is 0.474. The van der Waals surface area contributed by atoms with Crippen molar-refractivity contribution in [2.45, 2.75) is 39.2 Å². The SMILES string of the molecule is C[C@@H]1[C@H](C)CCC[C@@H]1N(C)c1c(-c2ccccc2)c(=O)c1=O. The van der Waals surface area contributed by atoms with Gasteiger partial charge in [-0.05, 0) is 23.8 Å². The maximum Gasteiger partial charge on any atom is 0.250 e. The normalized spacial score (nSPS) is 25.3. The van der Waals surface area contributed by atoms with Crippen LogP contribution in [0, 0.1) is 11.8 Å². The molecular formula is C19H23NO2. The number of benzene rings is 1. The van der Waals surface area contributed by atoms with Crippen LogP contribution in [-0.2, 0) is 0 Å². The van der Waals surface area contributed by atoms with Crippen molar-refractivity contribution in [1.82, 2.24) is 0 Å². The summed E-state index contributed by atoms with van der Waals surface area (Å²) in [6, 6.07) is 9.88. The first-order valence-electron chi connectivity index (χ1n) is 8.14. The van der Waals surface area contributed by atoms with Crippen molar-refractivity contribution in [1.29, 1.82) is 0 Å². The molecule has 3 heteroatoms. The van der Waals surface area contributed by atoms with Gasteiger partial charge in [-0.2, -0.15) is 0 Å². The molecule has 1 aliphatic rings. The van der Waals surface area contributed by atoms with Gasteiger partial charge in [0.25, 0.3) is 0 Å². The average Bonchev–Trinajstić information content (AvgIpc) is 2.54. The maximum atomic E-state index is 12.2. The Morgan fingerprint density at radius 1 is 1.00 bits per heavy atom. The molecule has 1 aliphatic carbocycles. The van der Waals surface area contributed by atoms with E-state index in [1.807, 2.05) is 37.4 Å². The van der Waals surface area contributed by atoms with Crippen molar-refractivity contribution in [3.63, 3.8) is 0 Å². The van der Waals surface area contributed by atoms with Gasteiger partial charge in [0, 0.05) is 13.1 Å². The van der Waals surface area contributed by atoms with E-state index in [0.29, 0.717) is 29.1 Å². The summed E-state index contributed by atoms with van der Waals surface area (Å²) in [7, 11) is 1.97. The lowest BCUT2D eigenvalue weighted by molar-refractivity contribution is 0.234. The molecule has 0 spiro atoms. The molecule has 2 aromatic rings. The van der Waals surface area contributed by atoms with Crippen LogP contribution in [0.1, 0.15) is 33.1 Å². The van der Waals surface area contributed by atoms with Gasteiger partial charge in [0.1, 0.15) is 5.69 Å². The molecule has 0 amide bonds. The van der Waals surface area contributed by atoms with Crippen molar-refractivity contribution in [2.24, 2.45) is 11.8 Å². The van der Waals surface area contributed by atoms with Crippen LogP contribution in [0.15, 0.2) is 39.9 Å².